The van der Waals surface area contributed by atoms with Crippen LogP contribution in [0.2, 0.25) is 0 Å². The molecule has 0 aliphatic heterocycles. The molecule has 2 atom stereocenters. The standard InChI is InChI=1S/C12H9F2N2O.C5H12O2.Ir/c1-7-6-15-11(12(16-7)17-2)8-3-9(13)5-10(14)4-8;1-4(6)3-5(2)7;/h3,5-6H,1-2H3;4-7H,3H2,1-2H3;/q-1;;. The van der Waals surface area contributed by atoms with Crippen LogP contribution in [0.15, 0.2) is 18.3 Å². The number of ether oxygens (including phenoxy) is 1. The monoisotopic (exact) mass is 532 g/mol. The van der Waals surface area contributed by atoms with Crippen LogP contribution in [0.4, 0.5) is 8.78 Å². The average molecular weight is 532 g/mol. The Labute approximate surface area is 159 Å². The average Bonchev–Trinajstić information content (AvgIpc) is 2.45. The second-order valence-electron chi connectivity index (χ2n) is 5.36. The van der Waals surface area contributed by atoms with Crippen LogP contribution in [-0.4, -0.2) is 39.5 Å². The van der Waals surface area contributed by atoms with Gasteiger partial charge >= 0.3 is 0 Å². The Kier molecular flexibility index (Phi) is 10.5. The van der Waals surface area contributed by atoms with E-state index in [1.54, 1.807) is 20.8 Å². The van der Waals surface area contributed by atoms with E-state index in [0.29, 0.717) is 12.1 Å². The van der Waals surface area contributed by atoms with Crippen LogP contribution in [0, 0.1) is 24.6 Å². The van der Waals surface area contributed by atoms with E-state index in [2.05, 4.69) is 16.0 Å². The van der Waals surface area contributed by atoms with Crippen molar-refractivity contribution in [3.8, 4) is 17.1 Å². The van der Waals surface area contributed by atoms with Crippen molar-refractivity contribution in [2.45, 2.75) is 39.4 Å². The molecule has 2 N–H and O–H groups in total. The molecule has 25 heavy (non-hydrogen) atoms. The molecule has 5 nitrogen and oxygen atoms in total. The molecule has 0 bridgehead atoms. The zero-order valence-electron chi connectivity index (χ0n) is 14.4. The van der Waals surface area contributed by atoms with Gasteiger partial charge in [-0.3, -0.25) is 4.98 Å². The first kappa shape index (κ1) is 23.5. The minimum atomic E-state index is -0.788. The third kappa shape index (κ3) is 8.45. The van der Waals surface area contributed by atoms with Crippen LogP contribution in [0.3, 0.4) is 0 Å². The molecule has 0 saturated carbocycles. The van der Waals surface area contributed by atoms with Crippen molar-refractivity contribution in [1.29, 1.82) is 0 Å². The zero-order chi connectivity index (χ0) is 18.3. The number of aryl methyl sites for hydroxylation is 1. The molecule has 0 aliphatic carbocycles. The maximum absolute atomic E-state index is 13.1. The number of rotatable bonds is 4. The van der Waals surface area contributed by atoms with Crippen molar-refractivity contribution >= 4 is 0 Å². The summed E-state index contributed by atoms with van der Waals surface area (Å²) < 4.78 is 31.1. The van der Waals surface area contributed by atoms with Crippen LogP contribution in [0.1, 0.15) is 26.0 Å². The molecule has 141 valence electrons. The third-order valence-electron chi connectivity index (χ3n) is 2.79. The van der Waals surface area contributed by atoms with Gasteiger partial charge in [-0.1, -0.05) is 6.07 Å². The molecule has 2 unspecified atom stereocenters. The second kappa shape index (κ2) is 11.2. The molecular weight excluding hydrogens is 510 g/mol. The fourth-order valence-corrected chi connectivity index (χ4v) is 1.90. The molecule has 0 amide bonds. The van der Waals surface area contributed by atoms with Gasteiger partial charge in [-0.2, -0.15) is 0 Å². The van der Waals surface area contributed by atoms with E-state index >= 15 is 0 Å². The number of methoxy groups -OCH3 is 1. The number of hydrogen-bond donors (Lipinski definition) is 2. The van der Waals surface area contributed by atoms with Crippen LogP contribution in [0.25, 0.3) is 11.3 Å². The quantitative estimate of drug-likeness (QED) is 0.594. The van der Waals surface area contributed by atoms with Gasteiger partial charge in [0.15, 0.2) is 5.88 Å². The minimum absolute atomic E-state index is 0. The van der Waals surface area contributed by atoms with E-state index in [9.17, 15) is 8.78 Å². The molecule has 0 saturated heterocycles. The summed E-state index contributed by atoms with van der Waals surface area (Å²) in [5, 5.41) is 17.1. The molecule has 8 heteroatoms. The van der Waals surface area contributed by atoms with Gasteiger partial charge in [0.05, 0.1) is 25.0 Å². The molecule has 1 radical (unpaired) electrons. The fourth-order valence-electron chi connectivity index (χ4n) is 1.90. The van der Waals surface area contributed by atoms with Crippen molar-refractivity contribution < 1.29 is 43.8 Å². The van der Waals surface area contributed by atoms with Crippen molar-refractivity contribution in [2.24, 2.45) is 0 Å². The van der Waals surface area contributed by atoms with Crippen LogP contribution in [-0.2, 0) is 20.1 Å². The smallest absolute Gasteiger partial charge is 0.194 e. The molecule has 1 aromatic carbocycles. The van der Waals surface area contributed by atoms with Gasteiger partial charge in [0.2, 0.25) is 0 Å². The summed E-state index contributed by atoms with van der Waals surface area (Å²) >= 11 is 0. The van der Waals surface area contributed by atoms with E-state index < -0.39 is 11.6 Å². The number of nitrogens with zero attached hydrogens (tertiary/aromatic N) is 2. The summed E-state index contributed by atoms with van der Waals surface area (Å²) in [7, 11) is 1.42. The topological polar surface area (TPSA) is 75.5 Å². The number of aromatic nitrogens is 2. The number of benzene rings is 1. The maximum Gasteiger partial charge on any atom is 0.194 e. The van der Waals surface area contributed by atoms with Crippen LogP contribution >= 0.6 is 0 Å². The molecule has 1 aromatic heterocycles. The summed E-state index contributed by atoms with van der Waals surface area (Å²) in [5.41, 5.74) is 1.09. The summed E-state index contributed by atoms with van der Waals surface area (Å²) in [5.74, 6) is -1.27. The van der Waals surface area contributed by atoms with Gasteiger partial charge in [0, 0.05) is 43.6 Å². The van der Waals surface area contributed by atoms with E-state index in [0.717, 1.165) is 12.1 Å². The second-order valence-corrected chi connectivity index (χ2v) is 5.36. The fraction of sp³-hybridized carbons (Fsp3) is 0.412. The van der Waals surface area contributed by atoms with Gasteiger partial charge < -0.3 is 14.9 Å². The van der Waals surface area contributed by atoms with Crippen LogP contribution < -0.4 is 4.74 Å². The normalized spacial score (nSPS) is 12.3. The van der Waals surface area contributed by atoms with Gasteiger partial charge in [-0.15, -0.1) is 17.7 Å². The van der Waals surface area contributed by atoms with E-state index in [-0.39, 0.29) is 49.5 Å². The Morgan fingerprint density at radius 3 is 2.24 bits per heavy atom. The summed E-state index contributed by atoms with van der Waals surface area (Å²) in [4.78, 5) is 8.13. The Balaban J connectivity index is 0.000000620. The number of aliphatic hydroxyl groups excluding tert-OH is 2. The first-order valence-corrected chi connectivity index (χ1v) is 7.35. The van der Waals surface area contributed by atoms with Gasteiger partial charge in [-0.25, -0.2) is 13.8 Å². The first-order chi connectivity index (χ1) is 11.2. The predicted octanol–water partition coefficient (Wildman–Crippen LogP) is 2.67. The van der Waals surface area contributed by atoms with Crippen molar-refractivity contribution in [3.63, 3.8) is 0 Å². The van der Waals surface area contributed by atoms with Crippen LogP contribution in [0.5, 0.6) is 5.88 Å². The largest absolute Gasteiger partial charge is 0.486 e. The first-order valence-electron chi connectivity index (χ1n) is 7.35. The Hall–Kier alpha value is -1.47. The van der Waals surface area contributed by atoms with E-state index in [1.807, 2.05) is 0 Å². The summed E-state index contributed by atoms with van der Waals surface area (Å²) in [6, 6.07) is 4.25. The van der Waals surface area contributed by atoms with Gasteiger partial charge in [0.1, 0.15) is 0 Å². The van der Waals surface area contributed by atoms with Crippen molar-refractivity contribution in [2.75, 3.05) is 7.11 Å². The van der Waals surface area contributed by atoms with Gasteiger partial charge in [-0.05, 0) is 27.2 Å². The van der Waals surface area contributed by atoms with Crippen molar-refractivity contribution in [1.82, 2.24) is 9.97 Å². The number of aliphatic hydroxyl groups is 2. The Morgan fingerprint density at radius 1 is 1.20 bits per heavy atom. The summed E-state index contributed by atoms with van der Waals surface area (Å²) in [6.45, 7) is 5.06. The molecular formula is C17H21F2IrN2O3-. The molecule has 2 aromatic rings. The predicted molar refractivity (Wildman–Crippen MR) is 85.5 cm³/mol. The number of halogens is 2. The minimum Gasteiger partial charge on any atom is -0.486 e. The molecule has 0 aliphatic rings. The van der Waals surface area contributed by atoms with Gasteiger partial charge in [0.25, 0.3) is 0 Å². The zero-order valence-corrected chi connectivity index (χ0v) is 16.8. The SMILES string of the molecule is CC(O)CC(C)O.COc1nc(C)cnc1-c1[c-]c(F)cc(F)c1.[Ir]. The molecule has 2 rings (SSSR count). The molecule has 1 heterocycles. The Morgan fingerprint density at radius 2 is 1.80 bits per heavy atom. The summed E-state index contributed by atoms with van der Waals surface area (Å²) in [6.07, 6.45) is 1.22. The van der Waals surface area contributed by atoms with E-state index in [1.165, 1.54) is 13.3 Å². The maximum atomic E-state index is 13.1. The van der Waals surface area contributed by atoms with E-state index in [4.69, 9.17) is 14.9 Å². The number of hydrogen-bond acceptors (Lipinski definition) is 5. The molecule has 0 spiro atoms. The third-order valence-corrected chi connectivity index (χ3v) is 2.79. The van der Waals surface area contributed by atoms with Crippen molar-refractivity contribution in [3.05, 3.63) is 41.7 Å². The molecule has 0 fully saturated rings. The Bertz CT molecular complexity index is 644.